The van der Waals surface area contributed by atoms with Crippen LogP contribution < -0.4 is 5.32 Å². The summed E-state index contributed by atoms with van der Waals surface area (Å²) in [6.07, 6.45) is 4.72. The quantitative estimate of drug-likeness (QED) is 0.752. The third-order valence-electron chi connectivity index (χ3n) is 3.57. The number of rotatable bonds is 6. The molecular formula is C14H29NO2. The fourth-order valence-corrected chi connectivity index (χ4v) is 2.22. The van der Waals surface area contributed by atoms with Gasteiger partial charge in [0, 0.05) is 12.6 Å². The predicted octanol–water partition coefficient (Wildman–Crippen LogP) is 2.33. The molecule has 2 N–H and O–H groups in total. The van der Waals surface area contributed by atoms with Crippen LogP contribution in [0, 0.1) is 5.41 Å². The van der Waals surface area contributed by atoms with Crippen molar-refractivity contribution in [2.24, 2.45) is 5.41 Å². The molecule has 1 rings (SSSR count). The lowest BCUT2D eigenvalue weighted by molar-refractivity contribution is -0.0368. The highest BCUT2D eigenvalue weighted by Crippen LogP contribution is 2.36. The zero-order valence-corrected chi connectivity index (χ0v) is 11.8. The highest BCUT2D eigenvalue weighted by Gasteiger charge is 2.27. The molecule has 0 aromatic rings. The number of aliphatic hydroxyl groups is 1. The molecule has 1 saturated carbocycles. The van der Waals surface area contributed by atoms with E-state index in [0.717, 1.165) is 12.8 Å². The topological polar surface area (TPSA) is 41.5 Å². The first-order valence-electron chi connectivity index (χ1n) is 6.92. The molecule has 3 nitrogen and oxygen atoms in total. The smallest absolute Gasteiger partial charge is 0.0897 e. The average Bonchev–Trinajstić information content (AvgIpc) is 2.25. The minimum atomic E-state index is -0.382. The van der Waals surface area contributed by atoms with Crippen LogP contribution in [0.1, 0.15) is 53.4 Å². The molecule has 0 aromatic heterocycles. The monoisotopic (exact) mass is 243 g/mol. The summed E-state index contributed by atoms with van der Waals surface area (Å²) in [5.41, 5.74) is 0.484. The normalized spacial score (nSPS) is 22.9. The van der Waals surface area contributed by atoms with Crippen LogP contribution in [0.25, 0.3) is 0 Å². The van der Waals surface area contributed by atoms with Gasteiger partial charge in [-0.3, -0.25) is 0 Å². The molecule has 1 aliphatic carbocycles. The SMILES string of the molecule is CC(C)NCC(O)COC1CCC(C)(C)CC1. The average molecular weight is 243 g/mol. The van der Waals surface area contributed by atoms with Crippen LogP contribution in [0.15, 0.2) is 0 Å². The highest BCUT2D eigenvalue weighted by molar-refractivity contribution is 4.79. The summed E-state index contributed by atoms with van der Waals surface area (Å²) >= 11 is 0. The standard InChI is InChI=1S/C14H29NO2/c1-11(2)15-9-12(16)10-17-13-5-7-14(3,4)8-6-13/h11-13,15-16H,5-10H2,1-4H3. The van der Waals surface area contributed by atoms with E-state index in [0.29, 0.717) is 30.7 Å². The molecule has 0 aliphatic heterocycles. The molecule has 0 amide bonds. The van der Waals surface area contributed by atoms with Crippen molar-refractivity contribution in [2.45, 2.75) is 71.6 Å². The predicted molar refractivity (Wildman–Crippen MR) is 71.1 cm³/mol. The van der Waals surface area contributed by atoms with Gasteiger partial charge in [0.2, 0.25) is 0 Å². The second-order valence-electron chi connectivity index (χ2n) is 6.41. The molecule has 1 fully saturated rings. The van der Waals surface area contributed by atoms with Crippen LogP contribution in [0.4, 0.5) is 0 Å². The van der Waals surface area contributed by atoms with E-state index in [9.17, 15) is 5.11 Å². The summed E-state index contributed by atoms with van der Waals surface area (Å²) in [5.74, 6) is 0. The lowest BCUT2D eigenvalue weighted by Gasteiger charge is -2.34. The van der Waals surface area contributed by atoms with E-state index < -0.39 is 0 Å². The van der Waals surface area contributed by atoms with E-state index in [1.54, 1.807) is 0 Å². The summed E-state index contributed by atoms with van der Waals surface area (Å²) in [6, 6.07) is 0.417. The summed E-state index contributed by atoms with van der Waals surface area (Å²) in [7, 11) is 0. The van der Waals surface area contributed by atoms with Gasteiger partial charge in [0.1, 0.15) is 0 Å². The first-order valence-corrected chi connectivity index (χ1v) is 6.92. The maximum Gasteiger partial charge on any atom is 0.0897 e. The Morgan fingerprint density at radius 2 is 1.88 bits per heavy atom. The van der Waals surface area contributed by atoms with Crippen LogP contribution in [-0.2, 0) is 4.74 Å². The van der Waals surface area contributed by atoms with Crippen molar-refractivity contribution >= 4 is 0 Å². The van der Waals surface area contributed by atoms with Crippen molar-refractivity contribution in [2.75, 3.05) is 13.2 Å². The molecule has 0 spiro atoms. The summed E-state index contributed by atoms with van der Waals surface area (Å²) in [4.78, 5) is 0. The van der Waals surface area contributed by atoms with E-state index in [2.05, 4.69) is 33.0 Å². The third kappa shape index (κ3) is 6.39. The van der Waals surface area contributed by atoms with Crippen molar-refractivity contribution in [3.8, 4) is 0 Å². The lowest BCUT2D eigenvalue weighted by Crippen LogP contribution is -2.36. The van der Waals surface area contributed by atoms with Gasteiger partial charge in [-0.05, 0) is 31.1 Å². The van der Waals surface area contributed by atoms with Crippen LogP contribution in [0.5, 0.6) is 0 Å². The Morgan fingerprint density at radius 3 is 2.41 bits per heavy atom. The molecule has 17 heavy (non-hydrogen) atoms. The first-order chi connectivity index (χ1) is 7.89. The van der Waals surface area contributed by atoms with Crippen molar-refractivity contribution < 1.29 is 9.84 Å². The second-order valence-corrected chi connectivity index (χ2v) is 6.41. The van der Waals surface area contributed by atoms with E-state index in [-0.39, 0.29) is 6.10 Å². The fraction of sp³-hybridized carbons (Fsp3) is 1.00. The molecule has 1 aliphatic rings. The second kappa shape index (κ2) is 6.72. The Bertz CT molecular complexity index is 206. The summed E-state index contributed by atoms with van der Waals surface area (Å²) in [5, 5.41) is 13.0. The summed E-state index contributed by atoms with van der Waals surface area (Å²) in [6.45, 7) is 9.89. The van der Waals surface area contributed by atoms with E-state index in [1.807, 2.05) is 0 Å². The van der Waals surface area contributed by atoms with Crippen LogP contribution in [0.2, 0.25) is 0 Å². The zero-order valence-electron chi connectivity index (χ0n) is 11.8. The Labute approximate surface area is 106 Å². The zero-order chi connectivity index (χ0) is 12.9. The molecule has 102 valence electrons. The van der Waals surface area contributed by atoms with Gasteiger partial charge in [0.15, 0.2) is 0 Å². The van der Waals surface area contributed by atoms with Gasteiger partial charge >= 0.3 is 0 Å². The molecule has 0 heterocycles. The van der Waals surface area contributed by atoms with Crippen LogP contribution >= 0.6 is 0 Å². The van der Waals surface area contributed by atoms with Crippen molar-refractivity contribution in [1.82, 2.24) is 5.32 Å². The minimum Gasteiger partial charge on any atom is -0.389 e. The number of hydrogen-bond acceptors (Lipinski definition) is 3. The number of ether oxygens (including phenoxy) is 1. The largest absolute Gasteiger partial charge is 0.389 e. The molecule has 3 heteroatoms. The Morgan fingerprint density at radius 1 is 1.29 bits per heavy atom. The minimum absolute atomic E-state index is 0.358. The summed E-state index contributed by atoms with van der Waals surface area (Å²) < 4.78 is 5.78. The third-order valence-corrected chi connectivity index (χ3v) is 3.57. The number of aliphatic hydroxyl groups excluding tert-OH is 1. The van der Waals surface area contributed by atoms with E-state index in [4.69, 9.17) is 4.74 Å². The van der Waals surface area contributed by atoms with Gasteiger partial charge in [-0.2, -0.15) is 0 Å². The van der Waals surface area contributed by atoms with Crippen LogP contribution in [-0.4, -0.2) is 36.5 Å². The maximum absolute atomic E-state index is 9.74. The molecule has 0 bridgehead atoms. The maximum atomic E-state index is 9.74. The molecule has 0 radical (unpaired) electrons. The molecule has 0 saturated heterocycles. The van der Waals surface area contributed by atoms with Crippen molar-refractivity contribution in [3.63, 3.8) is 0 Å². The Kier molecular flexibility index (Phi) is 5.90. The number of nitrogens with one attached hydrogen (secondary N) is 1. The molecule has 1 atom stereocenters. The lowest BCUT2D eigenvalue weighted by atomic mass is 9.76. The molecule has 0 aromatic carbocycles. The van der Waals surface area contributed by atoms with Gasteiger partial charge in [-0.25, -0.2) is 0 Å². The van der Waals surface area contributed by atoms with Crippen molar-refractivity contribution in [1.29, 1.82) is 0 Å². The first kappa shape index (κ1) is 14.9. The van der Waals surface area contributed by atoms with Gasteiger partial charge in [0.05, 0.1) is 18.8 Å². The van der Waals surface area contributed by atoms with Crippen LogP contribution in [0.3, 0.4) is 0 Å². The molecular weight excluding hydrogens is 214 g/mol. The highest BCUT2D eigenvalue weighted by atomic mass is 16.5. The Hall–Kier alpha value is -0.120. The van der Waals surface area contributed by atoms with Crippen molar-refractivity contribution in [3.05, 3.63) is 0 Å². The number of hydrogen-bond donors (Lipinski definition) is 2. The molecule has 1 unspecified atom stereocenters. The van der Waals surface area contributed by atoms with E-state index >= 15 is 0 Å². The van der Waals surface area contributed by atoms with Gasteiger partial charge in [-0.15, -0.1) is 0 Å². The van der Waals surface area contributed by atoms with Gasteiger partial charge in [0.25, 0.3) is 0 Å². The fourth-order valence-electron chi connectivity index (χ4n) is 2.22. The van der Waals surface area contributed by atoms with Gasteiger partial charge < -0.3 is 15.2 Å². The Balaban J connectivity index is 2.10. The van der Waals surface area contributed by atoms with E-state index in [1.165, 1.54) is 12.8 Å². The van der Waals surface area contributed by atoms with Gasteiger partial charge in [-0.1, -0.05) is 27.7 Å².